The van der Waals surface area contributed by atoms with Gasteiger partial charge < -0.3 is 25.7 Å². The van der Waals surface area contributed by atoms with Crippen molar-refractivity contribution >= 4 is 17.8 Å². The molecule has 11 nitrogen and oxygen atoms in total. The monoisotopic (exact) mass is 437 g/mol. The van der Waals surface area contributed by atoms with Gasteiger partial charge in [-0.25, -0.2) is 4.99 Å². The molecule has 5 N–H and O–H groups in total. The van der Waals surface area contributed by atoms with Crippen LogP contribution in [0.1, 0.15) is 5.56 Å². The van der Waals surface area contributed by atoms with Gasteiger partial charge in [0.1, 0.15) is 6.04 Å². The number of nitrogens with one attached hydrogen (secondary N) is 1. The Kier molecular flexibility index (Phi) is 6.36. The predicted molar refractivity (Wildman–Crippen MR) is 121 cm³/mol. The number of H-pyrrole nitrogens is 1. The summed E-state index contributed by atoms with van der Waals surface area (Å²) < 4.78 is 5.25. The Balaban J connectivity index is 1.50. The Morgan fingerprint density at radius 1 is 1.16 bits per heavy atom. The Hall–Kier alpha value is -3.86. The van der Waals surface area contributed by atoms with E-state index in [1.165, 1.54) is 4.80 Å². The molecule has 1 fully saturated rings. The minimum Gasteiger partial charge on any atom is -0.461 e. The molecule has 0 saturated carbocycles. The molecular formula is C21H27N9O2. The largest absolute Gasteiger partial charge is 0.461 e. The molecule has 1 aromatic carbocycles. The van der Waals surface area contributed by atoms with Gasteiger partial charge >= 0.3 is 0 Å². The molecule has 3 heterocycles. The number of piperazine rings is 1. The zero-order chi connectivity index (χ0) is 22.5. The molecule has 0 unspecified atom stereocenters. The molecule has 1 atom stereocenters. The fourth-order valence-electron chi connectivity index (χ4n) is 3.45. The van der Waals surface area contributed by atoms with Gasteiger partial charge in [0, 0.05) is 32.6 Å². The quantitative estimate of drug-likeness (QED) is 0.387. The molecule has 32 heavy (non-hydrogen) atoms. The molecular weight excluding hydrogens is 410 g/mol. The Morgan fingerprint density at radius 3 is 2.53 bits per heavy atom. The highest BCUT2D eigenvalue weighted by molar-refractivity contribution is 5.95. The normalized spacial score (nSPS) is 17.0. The summed E-state index contributed by atoms with van der Waals surface area (Å²) in [6, 6.07) is 12.6. The highest BCUT2D eigenvalue weighted by Crippen LogP contribution is 2.15. The molecule has 1 aliphatic heterocycles. The van der Waals surface area contributed by atoms with Crippen molar-refractivity contribution < 1.29 is 9.21 Å². The van der Waals surface area contributed by atoms with Crippen molar-refractivity contribution in [3.05, 3.63) is 54.3 Å². The number of hydrogen-bond acceptors (Lipinski definition) is 5. The predicted octanol–water partition coefficient (Wildman–Crippen LogP) is 0.334. The van der Waals surface area contributed by atoms with Crippen molar-refractivity contribution in [3.63, 3.8) is 0 Å². The van der Waals surface area contributed by atoms with Crippen molar-refractivity contribution in [1.29, 1.82) is 0 Å². The highest BCUT2D eigenvalue weighted by Gasteiger charge is 2.27. The average molecular weight is 438 g/mol. The first kappa shape index (κ1) is 21.4. The Morgan fingerprint density at radius 2 is 1.88 bits per heavy atom. The van der Waals surface area contributed by atoms with E-state index in [2.05, 4.69) is 25.1 Å². The summed E-state index contributed by atoms with van der Waals surface area (Å²) in [6.07, 6.45) is 1.97. The van der Waals surface area contributed by atoms with Gasteiger partial charge in [-0.1, -0.05) is 30.3 Å². The van der Waals surface area contributed by atoms with E-state index in [4.69, 9.17) is 15.9 Å². The van der Waals surface area contributed by atoms with E-state index in [0.29, 0.717) is 31.1 Å². The lowest BCUT2D eigenvalue weighted by atomic mass is 10.0. The SMILES string of the molecule is CN1CCN(C(=O)[C@H](Cc2ccccc2)N=C(N)/N=C(/N)n2nc(-c3ccco3)[nH]2)CC1. The van der Waals surface area contributed by atoms with Crippen LogP contribution in [0.15, 0.2) is 63.1 Å². The number of carbonyl (C=O) groups excluding carboxylic acids is 1. The topological polar surface area (TPSA) is 147 Å². The summed E-state index contributed by atoms with van der Waals surface area (Å²) in [4.78, 5) is 27.0. The van der Waals surface area contributed by atoms with Crippen molar-refractivity contribution in [1.82, 2.24) is 24.8 Å². The molecule has 3 aromatic rings. The summed E-state index contributed by atoms with van der Waals surface area (Å²) in [6.45, 7) is 2.96. The lowest BCUT2D eigenvalue weighted by Gasteiger charge is -2.33. The van der Waals surface area contributed by atoms with Crippen LogP contribution in [-0.2, 0) is 11.2 Å². The number of hydrogen-bond donors (Lipinski definition) is 3. The standard InChI is InChI=1S/C21H27N9O2/c1-28-9-11-29(12-10-28)19(31)16(14-15-6-3-2-4-7-15)24-20(22)25-21(23)30-26-18(27-30)17-8-5-13-32-17/h2-8,13,16H,9-12,14H2,1H3,(H,26,27)(H4,22,23,24,25)/t16-/m0/s1. The summed E-state index contributed by atoms with van der Waals surface area (Å²) in [5.74, 6) is 0.951. The van der Waals surface area contributed by atoms with Crippen molar-refractivity contribution in [2.75, 3.05) is 33.2 Å². The maximum Gasteiger partial charge on any atom is 0.247 e. The lowest BCUT2D eigenvalue weighted by molar-refractivity contribution is -0.134. The number of rotatable bonds is 5. The number of likely N-dealkylation sites (N-methyl/N-ethyl adjacent to an activating group) is 1. The molecule has 2 aromatic heterocycles. The Bertz CT molecular complexity index is 1060. The number of aromatic amines is 1. The first-order valence-electron chi connectivity index (χ1n) is 10.4. The first-order chi connectivity index (χ1) is 15.5. The van der Waals surface area contributed by atoms with Crippen LogP contribution >= 0.6 is 0 Å². The van der Waals surface area contributed by atoms with E-state index in [-0.39, 0.29) is 17.8 Å². The second-order valence-electron chi connectivity index (χ2n) is 7.64. The molecule has 1 aliphatic rings. The summed E-state index contributed by atoms with van der Waals surface area (Å²) >= 11 is 0. The first-order valence-corrected chi connectivity index (χ1v) is 10.4. The number of nitrogens with two attached hydrogens (primary N) is 2. The summed E-state index contributed by atoms with van der Waals surface area (Å²) in [7, 11) is 2.04. The third kappa shape index (κ3) is 5.06. The van der Waals surface area contributed by atoms with Crippen LogP contribution in [0, 0.1) is 0 Å². The van der Waals surface area contributed by atoms with E-state index in [1.807, 2.05) is 42.3 Å². The van der Waals surface area contributed by atoms with E-state index in [9.17, 15) is 4.79 Å². The van der Waals surface area contributed by atoms with Gasteiger partial charge in [-0.2, -0.15) is 4.99 Å². The fraction of sp³-hybridized carbons (Fsp3) is 0.333. The molecule has 4 rings (SSSR count). The van der Waals surface area contributed by atoms with Crippen LogP contribution in [0.2, 0.25) is 0 Å². The van der Waals surface area contributed by atoms with Gasteiger partial charge in [-0.05, 0) is 24.7 Å². The second kappa shape index (κ2) is 9.52. The zero-order valence-corrected chi connectivity index (χ0v) is 17.9. The molecule has 1 saturated heterocycles. The number of aliphatic imine (C=N–C) groups is 2. The number of furan rings is 1. The molecule has 1 amide bonds. The van der Waals surface area contributed by atoms with Crippen LogP contribution in [0.3, 0.4) is 0 Å². The van der Waals surface area contributed by atoms with Crippen LogP contribution < -0.4 is 11.5 Å². The van der Waals surface area contributed by atoms with E-state index >= 15 is 0 Å². The van der Waals surface area contributed by atoms with Crippen molar-refractivity contribution in [2.24, 2.45) is 21.5 Å². The molecule has 0 bridgehead atoms. The van der Waals surface area contributed by atoms with Gasteiger partial charge in [-0.15, -0.1) is 9.90 Å². The lowest BCUT2D eigenvalue weighted by Crippen LogP contribution is -2.50. The van der Waals surface area contributed by atoms with Crippen molar-refractivity contribution in [2.45, 2.75) is 12.5 Å². The molecule has 0 spiro atoms. The van der Waals surface area contributed by atoms with Crippen LogP contribution in [0.4, 0.5) is 0 Å². The number of nitrogens with zero attached hydrogens (tertiary/aromatic N) is 6. The Labute approximate surface area is 185 Å². The maximum atomic E-state index is 13.2. The van der Waals surface area contributed by atoms with E-state index < -0.39 is 6.04 Å². The number of benzene rings is 1. The van der Waals surface area contributed by atoms with E-state index in [0.717, 1.165) is 18.7 Å². The van der Waals surface area contributed by atoms with Gasteiger partial charge in [0.2, 0.25) is 23.7 Å². The number of carbonyl (C=O) groups is 1. The van der Waals surface area contributed by atoms with Crippen LogP contribution in [-0.4, -0.2) is 81.9 Å². The van der Waals surface area contributed by atoms with Gasteiger partial charge in [0.15, 0.2) is 5.76 Å². The van der Waals surface area contributed by atoms with Gasteiger partial charge in [0.25, 0.3) is 0 Å². The molecule has 0 radical (unpaired) electrons. The number of aromatic nitrogens is 3. The molecule has 0 aliphatic carbocycles. The van der Waals surface area contributed by atoms with Crippen molar-refractivity contribution in [3.8, 4) is 11.6 Å². The third-order valence-corrected chi connectivity index (χ3v) is 5.27. The molecule has 168 valence electrons. The number of guanidine groups is 1. The van der Waals surface area contributed by atoms with Gasteiger partial charge in [0.05, 0.1) is 6.26 Å². The maximum absolute atomic E-state index is 13.2. The summed E-state index contributed by atoms with van der Waals surface area (Å²) in [5.41, 5.74) is 13.0. The smallest absolute Gasteiger partial charge is 0.247 e. The van der Waals surface area contributed by atoms with Crippen LogP contribution in [0.25, 0.3) is 11.6 Å². The van der Waals surface area contributed by atoms with Gasteiger partial charge in [-0.3, -0.25) is 9.89 Å². The molecule has 11 heteroatoms. The average Bonchev–Trinajstić information content (AvgIpc) is 3.27. The summed E-state index contributed by atoms with van der Waals surface area (Å²) in [5, 5.41) is 7.08. The second-order valence-corrected chi connectivity index (χ2v) is 7.64. The third-order valence-electron chi connectivity index (χ3n) is 5.27. The van der Waals surface area contributed by atoms with Crippen LogP contribution in [0.5, 0.6) is 0 Å². The minimum absolute atomic E-state index is 0.00654. The fourth-order valence-corrected chi connectivity index (χ4v) is 3.45. The van der Waals surface area contributed by atoms with E-state index in [1.54, 1.807) is 18.4 Å². The number of amides is 1. The highest BCUT2D eigenvalue weighted by atomic mass is 16.3. The zero-order valence-electron chi connectivity index (χ0n) is 17.9. The minimum atomic E-state index is -0.691.